The van der Waals surface area contributed by atoms with E-state index in [1.165, 1.54) is 19.3 Å². The third-order valence-corrected chi connectivity index (χ3v) is 6.11. The number of benzene rings is 2. The highest BCUT2D eigenvalue weighted by molar-refractivity contribution is 5.95. The molecule has 0 unspecified atom stereocenters. The van der Waals surface area contributed by atoms with Crippen molar-refractivity contribution < 1.29 is 9.53 Å². The van der Waals surface area contributed by atoms with Gasteiger partial charge in [0, 0.05) is 36.7 Å². The van der Waals surface area contributed by atoms with Gasteiger partial charge >= 0.3 is 0 Å². The van der Waals surface area contributed by atoms with E-state index in [9.17, 15) is 4.79 Å². The Hall–Kier alpha value is -3.35. The Kier molecular flexibility index (Phi) is 6.44. The van der Waals surface area contributed by atoms with Crippen LogP contribution in [0.25, 0.3) is 10.9 Å². The molecule has 2 heterocycles. The van der Waals surface area contributed by atoms with Crippen LogP contribution in [0.4, 0.5) is 11.8 Å². The quantitative estimate of drug-likeness (QED) is 0.609. The number of piperidine rings is 1. The summed E-state index contributed by atoms with van der Waals surface area (Å²) < 4.78 is 6.11. The molecule has 4 rings (SSSR count). The molecule has 168 valence electrons. The van der Waals surface area contributed by atoms with Crippen molar-refractivity contribution in [2.45, 2.75) is 33.1 Å². The zero-order valence-electron chi connectivity index (χ0n) is 19.1. The van der Waals surface area contributed by atoms with Gasteiger partial charge in [0.1, 0.15) is 18.2 Å². The number of anilines is 2. The molecule has 0 saturated carbocycles. The van der Waals surface area contributed by atoms with Crippen molar-refractivity contribution in [1.82, 2.24) is 9.97 Å². The normalized spacial score (nSPS) is 13.9. The van der Waals surface area contributed by atoms with E-state index in [1.807, 2.05) is 45.2 Å². The lowest BCUT2D eigenvalue weighted by Crippen LogP contribution is -2.32. The average Bonchev–Trinajstić information content (AvgIpc) is 2.80. The summed E-state index contributed by atoms with van der Waals surface area (Å²) in [6, 6.07) is 11.8. The van der Waals surface area contributed by atoms with Gasteiger partial charge in [-0.3, -0.25) is 4.79 Å². The fourth-order valence-corrected chi connectivity index (χ4v) is 4.28. The maximum Gasteiger partial charge on any atom is 0.249 e. The number of carbonyl (C=O) groups excluding carboxylic acids is 1. The highest BCUT2D eigenvalue weighted by Gasteiger charge is 2.18. The van der Waals surface area contributed by atoms with Gasteiger partial charge in [-0.1, -0.05) is 18.2 Å². The van der Waals surface area contributed by atoms with Crippen molar-refractivity contribution in [2.24, 2.45) is 5.73 Å². The molecule has 1 aliphatic rings. The molecule has 7 nitrogen and oxygen atoms in total. The molecule has 7 heteroatoms. The number of likely N-dealkylation sites (N-methyl/N-ethyl adjacent to an activating group) is 1. The highest BCUT2D eigenvalue weighted by Crippen LogP contribution is 2.28. The number of carbonyl (C=O) groups is 1. The number of hydrogen-bond donors (Lipinski definition) is 1. The Morgan fingerprint density at radius 3 is 2.59 bits per heavy atom. The number of primary amides is 1. The Morgan fingerprint density at radius 1 is 1.09 bits per heavy atom. The van der Waals surface area contributed by atoms with Crippen LogP contribution in [-0.4, -0.2) is 49.2 Å². The first-order valence-electron chi connectivity index (χ1n) is 11.2. The molecule has 1 saturated heterocycles. The summed E-state index contributed by atoms with van der Waals surface area (Å²) in [5, 5.41) is 1.03. The smallest absolute Gasteiger partial charge is 0.249 e. The zero-order chi connectivity index (χ0) is 22.7. The number of hydrogen-bond acceptors (Lipinski definition) is 6. The van der Waals surface area contributed by atoms with Gasteiger partial charge in [0.15, 0.2) is 0 Å². The Morgan fingerprint density at radius 2 is 1.84 bits per heavy atom. The molecule has 2 aromatic carbocycles. The number of amides is 1. The van der Waals surface area contributed by atoms with Crippen LogP contribution in [-0.2, 0) is 0 Å². The number of nitrogens with zero attached hydrogens (tertiary/aromatic N) is 4. The van der Waals surface area contributed by atoms with Gasteiger partial charge in [-0.15, -0.1) is 0 Å². The van der Waals surface area contributed by atoms with Crippen LogP contribution in [0.15, 0.2) is 36.4 Å². The van der Waals surface area contributed by atoms with Gasteiger partial charge < -0.3 is 20.3 Å². The molecule has 0 aliphatic carbocycles. The second kappa shape index (κ2) is 9.42. The van der Waals surface area contributed by atoms with Crippen LogP contribution in [0.1, 0.15) is 40.7 Å². The SMILES string of the molecule is Cc1ccc(C(N)=O)c(C)c1OCCN(C)c1nc(N2CCCCC2)nc2ccccc12. The lowest BCUT2D eigenvalue weighted by Gasteiger charge is -2.28. The molecule has 1 amide bonds. The number of para-hydroxylation sites is 1. The molecule has 2 N–H and O–H groups in total. The number of nitrogens with two attached hydrogens (primary N) is 1. The third-order valence-electron chi connectivity index (χ3n) is 6.11. The predicted molar refractivity (Wildman–Crippen MR) is 129 cm³/mol. The molecule has 32 heavy (non-hydrogen) atoms. The van der Waals surface area contributed by atoms with E-state index < -0.39 is 5.91 Å². The summed E-state index contributed by atoms with van der Waals surface area (Å²) >= 11 is 0. The zero-order valence-corrected chi connectivity index (χ0v) is 19.1. The first-order valence-corrected chi connectivity index (χ1v) is 11.2. The summed E-state index contributed by atoms with van der Waals surface area (Å²) in [7, 11) is 2.03. The van der Waals surface area contributed by atoms with E-state index in [0.717, 1.165) is 52.6 Å². The minimum atomic E-state index is -0.442. The fourth-order valence-electron chi connectivity index (χ4n) is 4.28. The number of fused-ring (bicyclic) bond motifs is 1. The molecule has 0 atom stereocenters. The van der Waals surface area contributed by atoms with Gasteiger partial charge in [0.2, 0.25) is 11.9 Å². The lowest BCUT2D eigenvalue weighted by atomic mass is 10.0. The van der Waals surface area contributed by atoms with Crippen molar-refractivity contribution in [2.75, 3.05) is 43.1 Å². The van der Waals surface area contributed by atoms with Crippen LogP contribution in [0.2, 0.25) is 0 Å². The Labute approximate surface area is 189 Å². The van der Waals surface area contributed by atoms with Gasteiger partial charge in [-0.05, 0) is 56.9 Å². The Bertz CT molecular complexity index is 1120. The monoisotopic (exact) mass is 433 g/mol. The van der Waals surface area contributed by atoms with Crippen molar-refractivity contribution >= 4 is 28.6 Å². The molecule has 0 radical (unpaired) electrons. The summed E-state index contributed by atoms with van der Waals surface area (Å²) in [5.41, 5.74) is 8.70. The molecular formula is C25H31N5O2. The summed E-state index contributed by atoms with van der Waals surface area (Å²) in [5.74, 6) is 1.98. The van der Waals surface area contributed by atoms with Crippen molar-refractivity contribution in [3.63, 3.8) is 0 Å². The van der Waals surface area contributed by atoms with Crippen molar-refractivity contribution in [3.8, 4) is 5.75 Å². The lowest BCUT2D eigenvalue weighted by molar-refractivity contribution is 0.0999. The molecule has 1 fully saturated rings. The van der Waals surface area contributed by atoms with Crippen LogP contribution >= 0.6 is 0 Å². The topological polar surface area (TPSA) is 84.6 Å². The van der Waals surface area contributed by atoms with E-state index in [-0.39, 0.29) is 0 Å². The van der Waals surface area contributed by atoms with E-state index >= 15 is 0 Å². The minimum absolute atomic E-state index is 0.442. The maximum atomic E-state index is 11.7. The number of rotatable bonds is 7. The molecule has 1 aromatic heterocycles. The average molecular weight is 434 g/mol. The van der Waals surface area contributed by atoms with E-state index in [0.29, 0.717) is 18.7 Å². The fraction of sp³-hybridized carbons (Fsp3) is 0.400. The van der Waals surface area contributed by atoms with Crippen LogP contribution in [0.5, 0.6) is 5.75 Å². The second-order valence-electron chi connectivity index (χ2n) is 8.43. The number of aromatic nitrogens is 2. The molecule has 0 bridgehead atoms. The summed E-state index contributed by atoms with van der Waals surface area (Å²) in [6.45, 7) is 6.94. The van der Waals surface area contributed by atoms with Crippen molar-refractivity contribution in [1.29, 1.82) is 0 Å². The molecule has 0 spiro atoms. The van der Waals surface area contributed by atoms with Crippen LogP contribution in [0.3, 0.4) is 0 Å². The third kappa shape index (κ3) is 4.47. The van der Waals surface area contributed by atoms with Crippen LogP contribution < -0.4 is 20.3 Å². The number of ether oxygens (including phenoxy) is 1. The minimum Gasteiger partial charge on any atom is -0.491 e. The van der Waals surface area contributed by atoms with Crippen LogP contribution in [0, 0.1) is 13.8 Å². The Balaban J connectivity index is 1.55. The first kappa shape index (κ1) is 21.9. The summed E-state index contributed by atoms with van der Waals surface area (Å²) in [6.07, 6.45) is 3.63. The molecular weight excluding hydrogens is 402 g/mol. The van der Waals surface area contributed by atoms with E-state index in [2.05, 4.69) is 15.9 Å². The largest absolute Gasteiger partial charge is 0.491 e. The van der Waals surface area contributed by atoms with Gasteiger partial charge in [0.05, 0.1) is 12.1 Å². The van der Waals surface area contributed by atoms with Gasteiger partial charge in [-0.2, -0.15) is 4.98 Å². The highest BCUT2D eigenvalue weighted by atomic mass is 16.5. The molecule has 1 aliphatic heterocycles. The second-order valence-corrected chi connectivity index (χ2v) is 8.43. The number of aryl methyl sites for hydroxylation is 1. The molecule has 3 aromatic rings. The summed E-state index contributed by atoms with van der Waals surface area (Å²) in [4.78, 5) is 25.9. The van der Waals surface area contributed by atoms with Gasteiger partial charge in [-0.25, -0.2) is 4.98 Å². The van der Waals surface area contributed by atoms with Crippen molar-refractivity contribution in [3.05, 3.63) is 53.1 Å². The predicted octanol–water partition coefficient (Wildman–Crippen LogP) is 3.85. The van der Waals surface area contributed by atoms with Gasteiger partial charge in [0.25, 0.3) is 0 Å². The van der Waals surface area contributed by atoms with E-state index in [4.69, 9.17) is 20.4 Å². The standard InChI is InChI=1S/C25H31N5O2/c1-17-11-12-19(23(26)31)18(2)22(17)32-16-15-29(3)24-20-9-5-6-10-21(20)27-25(28-24)30-13-7-4-8-14-30/h5-6,9-12H,4,7-8,13-16H2,1-3H3,(H2,26,31). The first-order chi connectivity index (χ1) is 15.5. The maximum absolute atomic E-state index is 11.7. The van der Waals surface area contributed by atoms with E-state index in [1.54, 1.807) is 6.07 Å².